The Kier molecular flexibility index (Phi) is 4.14. The molecule has 0 heterocycles. The summed E-state index contributed by atoms with van der Waals surface area (Å²) in [6.45, 7) is 8.35. The van der Waals surface area contributed by atoms with Gasteiger partial charge in [0.1, 0.15) is 5.60 Å². The van der Waals surface area contributed by atoms with E-state index in [0.29, 0.717) is 0 Å². The molecule has 0 aromatic rings. The van der Waals surface area contributed by atoms with Gasteiger partial charge in [-0.15, -0.1) is 0 Å². The Bertz CT molecular complexity index is 229. The van der Waals surface area contributed by atoms with Crippen molar-refractivity contribution >= 4 is 13.1 Å². The van der Waals surface area contributed by atoms with Gasteiger partial charge in [-0.1, -0.05) is 0 Å². The average molecular weight is 208 g/mol. The predicted octanol–water partition coefficient (Wildman–Crippen LogP) is 2.87. The Balaban J connectivity index is 4.35. The van der Waals surface area contributed by atoms with Gasteiger partial charge in [0.15, 0.2) is 0 Å². The maximum atomic E-state index is 11.5. The maximum absolute atomic E-state index is 11.5. The van der Waals surface area contributed by atoms with Gasteiger partial charge in [0, 0.05) is 6.66 Å². The van der Waals surface area contributed by atoms with Gasteiger partial charge in [-0.2, -0.15) is 0 Å². The van der Waals surface area contributed by atoms with E-state index in [0.717, 1.165) is 0 Å². The van der Waals surface area contributed by atoms with Crippen molar-refractivity contribution in [1.29, 1.82) is 0 Å². The highest BCUT2D eigenvalue weighted by molar-refractivity contribution is 7.74. The molecule has 1 atom stereocenters. The van der Waals surface area contributed by atoms with Gasteiger partial charge in [0.2, 0.25) is 0 Å². The third kappa shape index (κ3) is 5.06. The molecule has 0 rings (SSSR count). The van der Waals surface area contributed by atoms with E-state index in [-0.39, 0.29) is 6.61 Å². The Morgan fingerprint density at radius 2 is 1.85 bits per heavy atom. The van der Waals surface area contributed by atoms with Crippen LogP contribution in [0.5, 0.6) is 0 Å². The molecule has 0 aliphatic carbocycles. The SMILES string of the molecule is CCOP(C)(=O)C(=O)OC(C)(C)C. The second kappa shape index (κ2) is 4.25. The first-order valence-corrected chi connectivity index (χ1v) is 6.22. The summed E-state index contributed by atoms with van der Waals surface area (Å²) in [4.78, 5) is 11.3. The Morgan fingerprint density at radius 3 is 2.15 bits per heavy atom. The van der Waals surface area contributed by atoms with Crippen molar-refractivity contribution in [3.8, 4) is 0 Å². The molecule has 0 spiro atoms. The summed E-state index contributed by atoms with van der Waals surface area (Å²) in [5, 5.41) is 0. The quantitative estimate of drug-likeness (QED) is 0.669. The Labute approximate surface area is 79.1 Å². The lowest BCUT2D eigenvalue weighted by Crippen LogP contribution is -2.23. The first kappa shape index (κ1) is 12.7. The van der Waals surface area contributed by atoms with Crippen LogP contribution in [0.4, 0.5) is 4.79 Å². The number of ether oxygens (including phenoxy) is 1. The van der Waals surface area contributed by atoms with Crippen LogP contribution in [-0.4, -0.2) is 24.6 Å². The zero-order chi connectivity index (χ0) is 10.7. The molecule has 1 unspecified atom stereocenters. The van der Waals surface area contributed by atoms with E-state index in [2.05, 4.69) is 0 Å². The molecule has 0 aliphatic rings. The predicted molar refractivity (Wildman–Crippen MR) is 51.4 cm³/mol. The van der Waals surface area contributed by atoms with E-state index >= 15 is 0 Å². The van der Waals surface area contributed by atoms with Crippen molar-refractivity contribution < 1.29 is 18.6 Å². The zero-order valence-corrected chi connectivity index (χ0v) is 9.68. The summed E-state index contributed by atoms with van der Waals surface area (Å²) in [7, 11) is -3.24. The fraction of sp³-hybridized carbons (Fsp3) is 0.875. The van der Waals surface area contributed by atoms with Crippen molar-refractivity contribution in [1.82, 2.24) is 0 Å². The molecule has 0 aliphatic heterocycles. The van der Waals surface area contributed by atoms with E-state index < -0.39 is 18.7 Å². The normalized spacial score (nSPS) is 16.4. The molecule has 0 saturated carbocycles. The minimum absolute atomic E-state index is 0.243. The lowest BCUT2D eigenvalue weighted by atomic mass is 10.2. The van der Waals surface area contributed by atoms with E-state index in [1.54, 1.807) is 27.7 Å². The highest BCUT2D eigenvalue weighted by Gasteiger charge is 2.31. The van der Waals surface area contributed by atoms with Crippen LogP contribution >= 0.6 is 7.37 Å². The lowest BCUT2D eigenvalue weighted by Gasteiger charge is -2.21. The summed E-state index contributed by atoms with van der Waals surface area (Å²) in [5.41, 5.74) is -1.39. The molecule has 0 radical (unpaired) electrons. The lowest BCUT2D eigenvalue weighted by molar-refractivity contribution is 0.0688. The van der Waals surface area contributed by atoms with Gasteiger partial charge < -0.3 is 9.26 Å². The zero-order valence-electron chi connectivity index (χ0n) is 8.79. The first-order chi connectivity index (χ1) is 5.69. The van der Waals surface area contributed by atoms with E-state index in [1.165, 1.54) is 6.66 Å². The largest absolute Gasteiger partial charge is 0.453 e. The highest BCUT2D eigenvalue weighted by atomic mass is 31.2. The van der Waals surface area contributed by atoms with Crippen molar-refractivity contribution in [2.45, 2.75) is 33.3 Å². The number of hydrogen-bond acceptors (Lipinski definition) is 4. The average Bonchev–Trinajstić information content (AvgIpc) is 1.82. The van der Waals surface area contributed by atoms with Crippen LogP contribution in [0.25, 0.3) is 0 Å². The van der Waals surface area contributed by atoms with Crippen LogP contribution in [0.3, 0.4) is 0 Å². The highest BCUT2D eigenvalue weighted by Crippen LogP contribution is 2.45. The van der Waals surface area contributed by atoms with Gasteiger partial charge in [-0.3, -0.25) is 4.57 Å². The van der Waals surface area contributed by atoms with Crippen LogP contribution in [0.1, 0.15) is 27.7 Å². The van der Waals surface area contributed by atoms with Crippen molar-refractivity contribution in [3.63, 3.8) is 0 Å². The van der Waals surface area contributed by atoms with Gasteiger partial charge in [-0.25, -0.2) is 4.79 Å². The molecular weight excluding hydrogens is 191 g/mol. The molecule has 4 nitrogen and oxygen atoms in total. The summed E-state index contributed by atoms with van der Waals surface area (Å²) in [5.74, 6) is 0. The summed E-state index contributed by atoms with van der Waals surface area (Å²) in [6, 6.07) is 0. The van der Waals surface area contributed by atoms with E-state index in [9.17, 15) is 9.36 Å². The molecule has 0 amide bonds. The molecule has 0 aromatic carbocycles. The van der Waals surface area contributed by atoms with Gasteiger partial charge >= 0.3 is 13.1 Å². The number of rotatable bonds is 3. The molecule has 5 heteroatoms. The molecule has 0 saturated heterocycles. The first-order valence-electron chi connectivity index (χ1n) is 4.14. The van der Waals surface area contributed by atoms with Crippen molar-refractivity contribution in [3.05, 3.63) is 0 Å². The minimum Gasteiger partial charge on any atom is -0.453 e. The van der Waals surface area contributed by atoms with Gasteiger partial charge in [0.25, 0.3) is 0 Å². The number of carbonyl (C=O) groups excluding carboxylic acids is 1. The third-order valence-corrected chi connectivity index (χ3v) is 2.61. The van der Waals surface area contributed by atoms with Crippen LogP contribution < -0.4 is 0 Å². The van der Waals surface area contributed by atoms with Crippen LogP contribution in [0.15, 0.2) is 0 Å². The molecule has 0 fully saturated rings. The fourth-order valence-electron chi connectivity index (χ4n) is 0.644. The molecule has 78 valence electrons. The second-order valence-electron chi connectivity index (χ2n) is 3.74. The van der Waals surface area contributed by atoms with Crippen molar-refractivity contribution in [2.75, 3.05) is 13.3 Å². The van der Waals surface area contributed by atoms with Gasteiger partial charge in [0.05, 0.1) is 6.61 Å². The summed E-state index contributed by atoms with van der Waals surface area (Å²) < 4.78 is 21.2. The second-order valence-corrected chi connectivity index (χ2v) is 6.06. The monoisotopic (exact) mass is 208 g/mol. The Hall–Kier alpha value is -0.340. The van der Waals surface area contributed by atoms with Crippen LogP contribution in [0.2, 0.25) is 0 Å². The van der Waals surface area contributed by atoms with Crippen LogP contribution in [0, 0.1) is 0 Å². The van der Waals surface area contributed by atoms with Crippen LogP contribution in [-0.2, 0) is 13.8 Å². The van der Waals surface area contributed by atoms with Gasteiger partial charge in [-0.05, 0) is 27.7 Å². The Morgan fingerprint density at radius 1 is 1.38 bits per heavy atom. The fourth-order valence-corrected chi connectivity index (χ4v) is 1.68. The van der Waals surface area contributed by atoms with E-state index in [4.69, 9.17) is 9.26 Å². The van der Waals surface area contributed by atoms with Crippen molar-refractivity contribution in [2.24, 2.45) is 0 Å². The molecule has 0 bridgehead atoms. The van der Waals surface area contributed by atoms with E-state index in [1.807, 2.05) is 0 Å². The number of hydrogen-bond donors (Lipinski definition) is 0. The maximum Gasteiger partial charge on any atom is 0.391 e. The third-order valence-electron chi connectivity index (χ3n) is 1.10. The molecular formula is C8H17O4P. The summed E-state index contributed by atoms with van der Waals surface area (Å²) >= 11 is 0. The topological polar surface area (TPSA) is 52.6 Å². The standard InChI is InChI=1S/C8H17O4P/c1-6-11-13(5,10)7(9)12-8(2,3)4/h6H2,1-5H3. The molecule has 13 heavy (non-hydrogen) atoms. The number of carbonyl (C=O) groups is 1. The summed E-state index contributed by atoms with van der Waals surface area (Å²) in [6.07, 6.45) is 0. The minimum atomic E-state index is -3.24. The smallest absolute Gasteiger partial charge is 0.391 e. The molecule has 0 aromatic heterocycles. The molecule has 0 N–H and O–H groups in total.